The number of carbonyl (C=O) groups is 2. The molecule has 4 rings (SSSR count). The first kappa shape index (κ1) is 31.7. The van der Waals surface area contributed by atoms with E-state index in [1.165, 1.54) is 25.8 Å². The number of hydrogen-bond acceptors (Lipinski definition) is 3. The number of likely N-dealkylation sites (N-methyl/N-ethyl adjacent to an activating group) is 1. The second-order valence-corrected chi connectivity index (χ2v) is 11.6. The van der Waals surface area contributed by atoms with Crippen LogP contribution in [-0.4, -0.2) is 79.1 Å². The number of alkyl halides is 6. The second kappa shape index (κ2) is 11.8. The van der Waals surface area contributed by atoms with Gasteiger partial charge in [-0.2, -0.15) is 26.3 Å². The van der Waals surface area contributed by atoms with E-state index < -0.39 is 46.4 Å². The Bertz CT molecular complexity index is 1250. The van der Waals surface area contributed by atoms with Crippen molar-refractivity contribution in [2.45, 2.75) is 62.5 Å². The number of carbonyl (C=O) groups excluding carboxylic acids is 2. The van der Waals surface area contributed by atoms with Gasteiger partial charge in [-0.25, -0.2) is 4.79 Å². The number of hydrogen-bond donors (Lipinski definition) is 0. The zero-order valence-electron chi connectivity index (χ0n) is 23.9. The van der Waals surface area contributed by atoms with Crippen LogP contribution in [0.1, 0.15) is 54.9 Å². The molecule has 0 aromatic heterocycles. The molecule has 2 heterocycles. The first-order valence-electron chi connectivity index (χ1n) is 13.7. The van der Waals surface area contributed by atoms with E-state index in [0.29, 0.717) is 31.8 Å². The summed E-state index contributed by atoms with van der Waals surface area (Å²) in [6.07, 6.45) is -8.44. The van der Waals surface area contributed by atoms with E-state index in [2.05, 4.69) is 0 Å². The first-order valence-corrected chi connectivity index (χ1v) is 13.7. The smallest absolute Gasteiger partial charge is 0.383 e. The zero-order valence-corrected chi connectivity index (χ0v) is 23.9. The van der Waals surface area contributed by atoms with Crippen LogP contribution in [0, 0.1) is 0 Å². The van der Waals surface area contributed by atoms with Crippen LogP contribution in [-0.2, 0) is 27.3 Å². The lowest BCUT2D eigenvalue weighted by molar-refractivity contribution is -0.144. The van der Waals surface area contributed by atoms with Gasteiger partial charge in [-0.1, -0.05) is 30.3 Å². The summed E-state index contributed by atoms with van der Waals surface area (Å²) in [5.41, 5.74) is -4.24. The molecule has 3 atom stereocenters. The van der Waals surface area contributed by atoms with E-state index in [9.17, 15) is 35.9 Å². The monoisotopic (exact) mass is 599 g/mol. The molecule has 12 heteroatoms. The topological polar surface area (TPSA) is 53.1 Å². The highest BCUT2D eigenvalue weighted by Gasteiger charge is 2.46. The molecule has 42 heavy (non-hydrogen) atoms. The van der Waals surface area contributed by atoms with Crippen LogP contribution in [0.5, 0.6) is 0 Å². The SMILES string of the molecule is COC[C@@H]1CCCN1C(=O)N1C[C@@H](N(C)C(=O)C(C)(C)c2cc(C(F)(F)F)cc(C(F)(F)F)c2)[C@H](c2ccccc2)C1. The number of methoxy groups -OCH3 is 1. The Labute approximate surface area is 241 Å². The molecule has 0 aliphatic carbocycles. The molecule has 230 valence electrons. The summed E-state index contributed by atoms with van der Waals surface area (Å²) in [7, 11) is 3.06. The van der Waals surface area contributed by atoms with Gasteiger partial charge in [0.05, 0.1) is 35.2 Å². The highest BCUT2D eigenvalue weighted by molar-refractivity contribution is 5.88. The van der Waals surface area contributed by atoms with E-state index >= 15 is 0 Å². The number of nitrogens with zero attached hydrogens (tertiary/aromatic N) is 3. The third-order valence-electron chi connectivity index (χ3n) is 8.43. The van der Waals surface area contributed by atoms with Gasteiger partial charge in [-0.15, -0.1) is 0 Å². The van der Waals surface area contributed by atoms with Crippen molar-refractivity contribution in [2.75, 3.05) is 40.4 Å². The standard InChI is InChI=1S/C30H35F6N3O3/c1-28(2,20-13-21(29(31,32)33)15-22(14-20)30(34,35)36)26(40)37(3)25-17-38(16-24(25)19-9-6-5-7-10-19)27(41)39-12-8-11-23(39)18-42-4/h5-7,9-10,13-15,23-25H,8,11-12,16-18H2,1-4H3/t23-,24-,25+/m0/s1. The van der Waals surface area contributed by atoms with Gasteiger partial charge in [0, 0.05) is 39.7 Å². The number of likely N-dealkylation sites (tertiary alicyclic amines) is 2. The van der Waals surface area contributed by atoms with Gasteiger partial charge in [0.2, 0.25) is 5.91 Å². The number of ether oxygens (including phenoxy) is 1. The van der Waals surface area contributed by atoms with Gasteiger partial charge in [-0.05, 0) is 56.0 Å². The van der Waals surface area contributed by atoms with Crippen LogP contribution >= 0.6 is 0 Å². The van der Waals surface area contributed by atoms with Crippen molar-refractivity contribution < 1.29 is 40.7 Å². The molecule has 3 amide bonds. The Morgan fingerprint density at radius 2 is 1.50 bits per heavy atom. The van der Waals surface area contributed by atoms with E-state index in [4.69, 9.17) is 4.74 Å². The van der Waals surface area contributed by atoms with Crippen molar-refractivity contribution in [3.63, 3.8) is 0 Å². The van der Waals surface area contributed by atoms with Crippen LogP contribution < -0.4 is 0 Å². The van der Waals surface area contributed by atoms with Crippen molar-refractivity contribution in [2.24, 2.45) is 0 Å². The Morgan fingerprint density at radius 1 is 0.929 bits per heavy atom. The van der Waals surface area contributed by atoms with E-state index in [1.807, 2.05) is 30.3 Å². The van der Waals surface area contributed by atoms with Crippen molar-refractivity contribution in [1.82, 2.24) is 14.7 Å². The summed E-state index contributed by atoms with van der Waals surface area (Å²) in [5, 5.41) is 0. The number of amides is 3. The minimum atomic E-state index is -5.04. The lowest BCUT2D eigenvalue weighted by atomic mass is 9.80. The molecule has 0 unspecified atom stereocenters. The van der Waals surface area contributed by atoms with Crippen LogP contribution in [0.3, 0.4) is 0 Å². The number of halogens is 6. The summed E-state index contributed by atoms with van der Waals surface area (Å²) in [5.74, 6) is -0.982. The molecule has 0 saturated carbocycles. The molecular formula is C30H35F6N3O3. The highest BCUT2D eigenvalue weighted by atomic mass is 19.4. The Kier molecular flexibility index (Phi) is 8.87. The maximum Gasteiger partial charge on any atom is 0.416 e. The second-order valence-electron chi connectivity index (χ2n) is 11.6. The van der Waals surface area contributed by atoms with Gasteiger partial charge in [0.25, 0.3) is 0 Å². The predicted molar refractivity (Wildman–Crippen MR) is 144 cm³/mol. The van der Waals surface area contributed by atoms with E-state index in [0.717, 1.165) is 18.4 Å². The lowest BCUT2D eigenvalue weighted by Gasteiger charge is -2.36. The number of benzene rings is 2. The van der Waals surface area contributed by atoms with Crippen molar-refractivity contribution >= 4 is 11.9 Å². The van der Waals surface area contributed by atoms with Crippen LogP contribution in [0.25, 0.3) is 0 Å². The summed E-state index contributed by atoms with van der Waals surface area (Å²) in [6, 6.07) is 9.67. The van der Waals surface area contributed by atoms with E-state index in [-0.39, 0.29) is 30.6 Å². The fourth-order valence-electron chi connectivity index (χ4n) is 6.03. The molecule has 6 nitrogen and oxygen atoms in total. The molecule has 2 aliphatic rings. The zero-order chi connectivity index (χ0) is 31.0. The normalized spacial score (nSPS) is 21.6. The summed E-state index contributed by atoms with van der Waals surface area (Å²) < 4.78 is 86.8. The maximum absolute atomic E-state index is 14.0. The summed E-state index contributed by atoms with van der Waals surface area (Å²) >= 11 is 0. The van der Waals surface area contributed by atoms with Crippen LogP contribution in [0.4, 0.5) is 31.1 Å². The average molecular weight is 600 g/mol. The van der Waals surface area contributed by atoms with E-state index in [1.54, 1.807) is 16.9 Å². The lowest BCUT2D eigenvalue weighted by Crippen LogP contribution is -2.50. The summed E-state index contributed by atoms with van der Waals surface area (Å²) in [6.45, 7) is 4.05. The van der Waals surface area contributed by atoms with Crippen molar-refractivity contribution in [1.29, 1.82) is 0 Å². The molecule has 2 aromatic rings. The largest absolute Gasteiger partial charge is 0.416 e. The molecule has 2 saturated heterocycles. The quantitative estimate of drug-likeness (QED) is 0.374. The third-order valence-corrected chi connectivity index (χ3v) is 8.43. The molecule has 2 aliphatic heterocycles. The molecule has 2 fully saturated rings. The van der Waals surface area contributed by atoms with Gasteiger partial charge in [0.15, 0.2) is 0 Å². The minimum absolute atomic E-state index is 0.0505. The molecule has 0 bridgehead atoms. The first-order chi connectivity index (χ1) is 19.6. The van der Waals surface area contributed by atoms with Gasteiger partial charge in [-0.3, -0.25) is 4.79 Å². The highest BCUT2D eigenvalue weighted by Crippen LogP contribution is 2.40. The fourth-order valence-corrected chi connectivity index (χ4v) is 6.03. The minimum Gasteiger partial charge on any atom is -0.383 e. The molecule has 0 radical (unpaired) electrons. The Morgan fingerprint density at radius 3 is 2.05 bits per heavy atom. The van der Waals surface area contributed by atoms with Crippen molar-refractivity contribution in [3.05, 3.63) is 70.8 Å². The molecular weight excluding hydrogens is 564 g/mol. The Balaban J connectivity index is 1.67. The number of urea groups is 1. The number of rotatable bonds is 6. The maximum atomic E-state index is 14.0. The average Bonchev–Trinajstić information content (AvgIpc) is 3.59. The molecule has 2 aromatic carbocycles. The fraction of sp³-hybridized carbons (Fsp3) is 0.533. The van der Waals surface area contributed by atoms with Gasteiger partial charge < -0.3 is 19.4 Å². The van der Waals surface area contributed by atoms with Crippen LogP contribution in [0.15, 0.2) is 48.5 Å². The van der Waals surface area contributed by atoms with Crippen molar-refractivity contribution in [3.8, 4) is 0 Å². The van der Waals surface area contributed by atoms with Gasteiger partial charge >= 0.3 is 18.4 Å². The summed E-state index contributed by atoms with van der Waals surface area (Å²) in [4.78, 5) is 32.4. The molecule has 0 spiro atoms. The predicted octanol–water partition coefficient (Wildman–Crippen LogP) is 6.16. The Hall–Kier alpha value is -3.28. The molecule has 0 N–H and O–H groups in total. The third kappa shape index (κ3) is 6.38. The van der Waals surface area contributed by atoms with Crippen LogP contribution in [0.2, 0.25) is 0 Å². The van der Waals surface area contributed by atoms with Gasteiger partial charge in [0.1, 0.15) is 0 Å².